The molecule has 40 heavy (non-hydrogen) atoms. The van der Waals surface area contributed by atoms with Gasteiger partial charge >= 0.3 is 22.4 Å². The average Bonchev–Trinajstić information content (AvgIpc) is 3.15. The maximum Gasteiger partial charge on any atom is 0.490 e. The minimum absolute atomic E-state index is 0.0794. The molecule has 0 atom stereocenters. The van der Waals surface area contributed by atoms with E-state index in [2.05, 4.69) is 15.5 Å². The normalized spacial score (nSPS) is 13.7. The quantitative estimate of drug-likeness (QED) is 0.207. The molecule has 1 aromatic carbocycles. The largest absolute Gasteiger partial charge is 0.490 e. The number of aromatic nitrogens is 4. The molecule has 224 valence electrons. The zero-order chi connectivity index (χ0) is 30.7. The van der Waals surface area contributed by atoms with Crippen molar-refractivity contribution < 1.29 is 52.0 Å². The standard InChI is InChI=1S/C19H23F5N6O2S.C2HF3O2/c1-4-14(5-2)32-18-7-6-17-27-29(19(25)30(17)28-18)11-16(31)12-8-13(26-3)10-15(9-12)33(20,21,22,23)24;3-2(4,5)1(6)7/h6-10,14,25-26H,4-5,11H2,1-3H3;(H,6,7). The molecule has 0 aliphatic heterocycles. The number of hydrogen-bond acceptors (Lipinski definition) is 7. The van der Waals surface area contributed by atoms with Crippen molar-refractivity contribution in [2.24, 2.45) is 0 Å². The Morgan fingerprint density at radius 2 is 1.65 bits per heavy atom. The second-order valence-corrected chi connectivity index (χ2v) is 10.6. The molecule has 3 rings (SSSR count). The number of ketones is 1. The molecule has 2 aromatic heterocycles. The van der Waals surface area contributed by atoms with Crippen LogP contribution in [0.1, 0.15) is 37.0 Å². The summed E-state index contributed by atoms with van der Waals surface area (Å²) in [5.41, 5.74) is -1.05. The summed E-state index contributed by atoms with van der Waals surface area (Å²) in [6.07, 6.45) is -3.67. The van der Waals surface area contributed by atoms with Crippen molar-refractivity contribution in [3.63, 3.8) is 0 Å². The predicted molar refractivity (Wildman–Crippen MR) is 127 cm³/mol. The molecule has 0 saturated heterocycles. The number of nitrogens with zero attached hydrogens (tertiary/aromatic N) is 4. The van der Waals surface area contributed by atoms with E-state index in [1.54, 1.807) is 6.07 Å². The lowest BCUT2D eigenvalue weighted by Gasteiger charge is -2.40. The van der Waals surface area contributed by atoms with Crippen LogP contribution in [-0.2, 0) is 11.3 Å². The first-order chi connectivity index (χ1) is 18.1. The molecule has 0 spiro atoms. The van der Waals surface area contributed by atoms with Crippen LogP contribution in [0, 0.1) is 5.41 Å². The number of fused-ring (bicyclic) bond motifs is 1. The zero-order valence-electron chi connectivity index (χ0n) is 21.0. The number of carboxylic acids is 1. The third kappa shape index (κ3) is 8.30. The summed E-state index contributed by atoms with van der Waals surface area (Å²) in [7, 11) is -8.77. The molecule has 10 nitrogen and oxygen atoms in total. The van der Waals surface area contributed by atoms with E-state index in [9.17, 15) is 37.4 Å². The predicted octanol–water partition coefficient (Wildman–Crippen LogP) is 5.79. The van der Waals surface area contributed by atoms with E-state index in [0.717, 1.165) is 28.1 Å². The Bertz CT molecular complexity index is 1470. The third-order valence-corrected chi connectivity index (χ3v) is 6.28. The van der Waals surface area contributed by atoms with Gasteiger partial charge in [-0.2, -0.15) is 17.7 Å². The van der Waals surface area contributed by atoms with E-state index in [1.807, 2.05) is 13.8 Å². The molecule has 0 aliphatic rings. The van der Waals surface area contributed by atoms with Crippen molar-refractivity contribution in [2.75, 3.05) is 12.4 Å². The number of alkyl halides is 3. The Hall–Kier alpha value is -3.90. The highest BCUT2D eigenvalue weighted by Gasteiger charge is 2.65. The summed E-state index contributed by atoms with van der Waals surface area (Å²) < 4.78 is 106. The van der Waals surface area contributed by atoms with Gasteiger partial charge in [-0.3, -0.25) is 10.2 Å². The monoisotopic (exact) mass is 608 g/mol. The highest BCUT2D eigenvalue weighted by Crippen LogP contribution is 3.02. The second kappa shape index (κ2) is 10.6. The molecule has 3 aromatic rings. The smallest absolute Gasteiger partial charge is 0.475 e. The lowest BCUT2D eigenvalue weighted by atomic mass is 10.1. The number of Topliss-reactive ketones (excluding diaryl/α,β-unsaturated/α-hetero) is 1. The van der Waals surface area contributed by atoms with Crippen LogP contribution >= 0.6 is 10.2 Å². The molecule has 0 fully saturated rings. The highest BCUT2D eigenvalue weighted by atomic mass is 32.5. The van der Waals surface area contributed by atoms with Crippen LogP contribution in [-0.4, -0.2) is 55.6 Å². The first kappa shape index (κ1) is 32.3. The van der Waals surface area contributed by atoms with E-state index in [1.165, 1.54) is 13.1 Å². The van der Waals surface area contributed by atoms with Gasteiger partial charge in [-0.25, -0.2) is 9.48 Å². The number of anilines is 1. The van der Waals surface area contributed by atoms with Crippen molar-refractivity contribution in [1.82, 2.24) is 19.4 Å². The van der Waals surface area contributed by atoms with E-state index >= 15 is 0 Å². The third-order valence-electron chi connectivity index (χ3n) is 5.16. The fourth-order valence-corrected chi connectivity index (χ4v) is 3.76. The summed E-state index contributed by atoms with van der Waals surface area (Å²) in [5.74, 6) is -3.46. The van der Waals surface area contributed by atoms with Crippen LogP contribution in [0.5, 0.6) is 5.88 Å². The van der Waals surface area contributed by atoms with Gasteiger partial charge in [0.2, 0.25) is 11.5 Å². The fraction of sp³-hybridized carbons (Fsp3) is 0.381. The maximum absolute atomic E-state index is 13.3. The van der Waals surface area contributed by atoms with Crippen LogP contribution in [0.15, 0.2) is 35.2 Å². The number of aliphatic carboxylic acids is 1. The lowest BCUT2D eigenvalue weighted by Crippen LogP contribution is -2.26. The summed E-state index contributed by atoms with van der Waals surface area (Å²) in [5, 5.41) is 25.9. The Kier molecular flexibility index (Phi) is 8.55. The van der Waals surface area contributed by atoms with Gasteiger partial charge in [0, 0.05) is 24.4 Å². The molecule has 0 unspecified atom stereocenters. The molecule has 0 amide bonds. The van der Waals surface area contributed by atoms with Gasteiger partial charge in [-0.1, -0.05) is 33.3 Å². The molecule has 0 bridgehead atoms. The van der Waals surface area contributed by atoms with Crippen LogP contribution in [0.3, 0.4) is 0 Å². The summed E-state index contributed by atoms with van der Waals surface area (Å²) in [6.45, 7) is 3.24. The van der Waals surface area contributed by atoms with Gasteiger partial charge in [0.05, 0.1) is 6.10 Å². The minimum atomic E-state index is -10.0. The Labute approximate surface area is 220 Å². The fourth-order valence-electron chi connectivity index (χ4n) is 3.07. The Morgan fingerprint density at radius 1 is 1.07 bits per heavy atom. The van der Waals surface area contributed by atoms with Gasteiger partial charge in [-0.15, -0.1) is 10.2 Å². The first-order valence-electron chi connectivity index (χ1n) is 11.2. The molecule has 19 heteroatoms. The van der Waals surface area contributed by atoms with Crippen molar-refractivity contribution in [3.05, 3.63) is 41.5 Å². The Balaban J connectivity index is 0.000000708. The first-order valence-corrected chi connectivity index (χ1v) is 13.1. The van der Waals surface area contributed by atoms with Gasteiger partial charge in [0.15, 0.2) is 11.4 Å². The molecule has 0 aliphatic carbocycles. The molecular formula is C21H24F8N6O4S. The molecule has 0 radical (unpaired) electrons. The van der Waals surface area contributed by atoms with Crippen molar-refractivity contribution >= 4 is 33.3 Å². The van der Waals surface area contributed by atoms with Crippen LogP contribution in [0.25, 0.3) is 5.65 Å². The number of carbonyl (C=O) groups excluding carboxylic acids is 1. The maximum atomic E-state index is 13.3. The number of benzene rings is 1. The number of rotatable bonds is 9. The number of halogens is 8. The highest BCUT2D eigenvalue weighted by molar-refractivity contribution is 8.45. The molecular weight excluding hydrogens is 584 g/mol. The second-order valence-electron chi connectivity index (χ2n) is 8.17. The number of nitrogens with one attached hydrogen (secondary N) is 2. The summed E-state index contributed by atoms with van der Waals surface area (Å²) >= 11 is 0. The topological polar surface area (TPSA) is 135 Å². The van der Waals surface area contributed by atoms with Crippen LogP contribution in [0.2, 0.25) is 0 Å². The van der Waals surface area contributed by atoms with Gasteiger partial charge in [-0.05, 0) is 37.1 Å². The number of carboxylic acid groups (broad SMARTS) is 1. The van der Waals surface area contributed by atoms with Crippen LogP contribution in [0.4, 0.5) is 38.3 Å². The SMILES string of the molecule is CCC(CC)Oc1ccc2nn(CC(=O)c3cc(NC)cc(S(F)(F)(F)(F)F)c3)c(=N)n2n1.O=C(O)C(F)(F)F. The minimum Gasteiger partial charge on any atom is -0.475 e. The number of ether oxygens (including phenoxy) is 1. The number of carbonyl (C=O) groups is 2. The van der Waals surface area contributed by atoms with Crippen LogP contribution < -0.4 is 15.7 Å². The van der Waals surface area contributed by atoms with Crippen molar-refractivity contribution in [3.8, 4) is 5.88 Å². The molecule has 2 heterocycles. The number of hydrogen-bond donors (Lipinski definition) is 3. The Morgan fingerprint density at radius 3 is 2.12 bits per heavy atom. The van der Waals surface area contributed by atoms with Gasteiger partial charge in [0.25, 0.3) is 0 Å². The summed E-state index contributed by atoms with van der Waals surface area (Å²) in [4.78, 5) is 19.4. The molecule has 0 saturated carbocycles. The summed E-state index contributed by atoms with van der Waals surface area (Å²) in [6, 6.07) is 4.44. The zero-order valence-corrected chi connectivity index (χ0v) is 21.8. The van der Waals surface area contributed by atoms with E-state index in [4.69, 9.17) is 20.0 Å². The van der Waals surface area contributed by atoms with Gasteiger partial charge in [0.1, 0.15) is 11.4 Å². The van der Waals surface area contributed by atoms with E-state index < -0.39 is 45.2 Å². The van der Waals surface area contributed by atoms with Crippen molar-refractivity contribution in [1.29, 1.82) is 5.41 Å². The van der Waals surface area contributed by atoms with Crippen molar-refractivity contribution in [2.45, 2.75) is 50.4 Å². The van der Waals surface area contributed by atoms with E-state index in [-0.39, 0.29) is 41.1 Å². The van der Waals surface area contributed by atoms with E-state index in [0.29, 0.717) is 0 Å². The lowest BCUT2D eigenvalue weighted by molar-refractivity contribution is -0.192. The van der Waals surface area contributed by atoms with Gasteiger partial charge < -0.3 is 15.2 Å². The molecule has 3 N–H and O–H groups in total. The average molecular weight is 609 g/mol.